The van der Waals surface area contributed by atoms with Crippen molar-refractivity contribution >= 4 is 11.6 Å². The largest absolute Gasteiger partial charge is 0.494 e. The average molecular weight is 383 g/mol. The molecule has 0 aromatic heterocycles. The number of fused-ring (bicyclic) bond motifs is 1. The monoisotopic (exact) mass is 383 g/mol. The van der Waals surface area contributed by atoms with Crippen LogP contribution < -0.4 is 10.1 Å². The summed E-state index contributed by atoms with van der Waals surface area (Å²) < 4.78 is 5.50. The molecular weight excluding hydrogens is 358 g/mol. The standard InChI is InChI=1S/C26H25NO2/c1-3-29-18-14-12-17(13-15-18)27-26(28)24-16(2)23-19-8-4-6-10-21(19)25(24)22-11-7-5-9-20(22)23/h4-16,23-25H,3H2,1-2H3,(H,27,28)/t16-,23?,24+,25?/m0/s1. The van der Waals surface area contributed by atoms with E-state index in [1.807, 2.05) is 31.2 Å². The first kappa shape index (κ1) is 18.0. The van der Waals surface area contributed by atoms with Crippen molar-refractivity contribution in [1.29, 1.82) is 0 Å². The second kappa shape index (κ2) is 7.07. The van der Waals surface area contributed by atoms with E-state index in [2.05, 4.69) is 60.8 Å². The number of hydrogen-bond acceptors (Lipinski definition) is 2. The summed E-state index contributed by atoms with van der Waals surface area (Å²) >= 11 is 0. The van der Waals surface area contributed by atoms with Gasteiger partial charge in [-0.2, -0.15) is 0 Å². The molecule has 1 N–H and O–H groups in total. The molecule has 0 aliphatic heterocycles. The van der Waals surface area contributed by atoms with E-state index in [0.717, 1.165) is 11.4 Å². The number of rotatable bonds is 4. The van der Waals surface area contributed by atoms with Crippen LogP contribution in [0.1, 0.15) is 47.9 Å². The molecular formula is C26H25NO2. The number of carbonyl (C=O) groups excluding carboxylic acids is 1. The van der Waals surface area contributed by atoms with Crippen LogP contribution in [0.5, 0.6) is 5.75 Å². The lowest BCUT2D eigenvalue weighted by Gasteiger charge is -2.49. The molecule has 3 aromatic carbocycles. The normalized spacial score (nSPS) is 23.8. The van der Waals surface area contributed by atoms with Crippen LogP contribution in [0.15, 0.2) is 72.8 Å². The number of carbonyl (C=O) groups is 1. The van der Waals surface area contributed by atoms with Crippen LogP contribution in [0.4, 0.5) is 5.69 Å². The lowest BCUT2D eigenvalue weighted by Crippen LogP contribution is -2.44. The van der Waals surface area contributed by atoms with E-state index in [9.17, 15) is 4.79 Å². The van der Waals surface area contributed by atoms with Crippen LogP contribution in [-0.2, 0) is 4.79 Å². The molecule has 3 heteroatoms. The third-order valence-electron chi connectivity index (χ3n) is 6.52. The summed E-state index contributed by atoms with van der Waals surface area (Å²) in [6, 6.07) is 24.9. The van der Waals surface area contributed by atoms with Crippen molar-refractivity contribution in [2.75, 3.05) is 11.9 Å². The summed E-state index contributed by atoms with van der Waals surface area (Å²) in [6.45, 7) is 4.82. The Hall–Kier alpha value is -3.07. The number of hydrogen-bond donors (Lipinski definition) is 1. The van der Waals surface area contributed by atoms with Gasteiger partial charge in [0.15, 0.2) is 0 Å². The lowest BCUT2D eigenvalue weighted by atomic mass is 9.54. The summed E-state index contributed by atoms with van der Waals surface area (Å²) in [5.74, 6) is 1.44. The maximum absolute atomic E-state index is 13.5. The Kier molecular flexibility index (Phi) is 4.39. The molecule has 2 atom stereocenters. The third-order valence-corrected chi connectivity index (χ3v) is 6.52. The average Bonchev–Trinajstić information content (AvgIpc) is 2.75. The molecule has 1 amide bonds. The van der Waals surface area contributed by atoms with Crippen molar-refractivity contribution in [3.05, 3.63) is 95.1 Å². The molecule has 3 nitrogen and oxygen atoms in total. The van der Waals surface area contributed by atoms with E-state index in [-0.39, 0.29) is 29.6 Å². The maximum Gasteiger partial charge on any atom is 0.228 e. The number of ether oxygens (including phenoxy) is 1. The molecule has 0 spiro atoms. The highest BCUT2D eigenvalue weighted by Crippen LogP contribution is 2.58. The van der Waals surface area contributed by atoms with E-state index < -0.39 is 0 Å². The summed E-state index contributed by atoms with van der Waals surface area (Å²) in [5.41, 5.74) is 6.19. The summed E-state index contributed by atoms with van der Waals surface area (Å²) in [6.07, 6.45) is 0. The van der Waals surface area contributed by atoms with E-state index in [1.54, 1.807) is 0 Å². The smallest absolute Gasteiger partial charge is 0.228 e. The van der Waals surface area contributed by atoms with Crippen molar-refractivity contribution in [1.82, 2.24) is 0 Å². The van der Waals surface area contributed by atoms with Crippen LogP contribution in [0, 0.1) is 11.8 Å². The first-order chi connectivity index (χ1) is 14.2. The van der Waals surface area contributed by atoms with Crippen LogP contribution in [0.3, 0.4) is 0 Å². The van der Waals surface area contributed by atoms with Gasteiger partial charge in [-0.15, -0.1) is 0 Å². The van der Waals surface area contributed by atoms with Gasteiger partial charge in [-0.3, -0.25) is 4.79 Å². The highest BCUT2D eigenvalue weighted by molar-refractivity contribution is 5.94. The fourth-order valence-corrected chi connectivity index (χ4v) is 5.37. The van der Waals surface area contributed by atoms with Gasteiger partial charge in [0.2, 0.25) is 5.91 Å². The van der Waals surface area contributed by atoms with Gasteiger partial charge in [-0.05, 0) is 59.4 Å². The third kappa shape index (κ3) is 2.84. The predicted molar refractivity (Wildman–Crippen MR) is 115 cm³/mol. The van der Waals surface area contributed by atoms with Crippen LogP contribution >= 0.6 is 0 Å². The summed E-state index contributed by atoms with van der Waals surface area (Å²) in [4.78, 5) is 13.5. The first-order valence-electron chi connectivity index (χ1n) is 10.4. The molecule has 3 aliphatic carbocycles. The topological polar surface area (TPSA) is 38.3 Å². The molecule has 6 rings (SSSR count). The zero-order chi connectivity index (χ0) is 20.0. The molecule has 0 saturated heterocycles. The van der Waals surface area contributed by atoms with Crippen molar-refractivity contribution in [3.8, 4) is 5.75 Å². The Labute approximate surface area is 171 Å². The van der Waals surface area contributed by atoms with Crippen LogP contribution in [-0.4, -0.2) is 12.5 Å². The molecule has 0 fully saturated rings. The molecule has 0 radical (unpaired) electrons. The molecule has 0 unspecified atom stereocenters. The van der Waals surface area contributed by atoms with Gasteiger partial charge >= 0.3 is 0 Å². The predicted octanol–water partition coefficient (Wildman–Crippen LogP) is 5.57. The van der Waals surface area contributed by atoms with Gasteiger partial charge in [0.05, 0.1) is 12.5 Å². The quantitative estimate of drug-likeness (QED) is 0.640. The Balaban J connectivity index is 1.50. The van der Waals surface area contributed by atoms with Gasteiger partial charge in [-0.25, -0.2) is 0 Å². The molecule has 29 heavy (non-hydrogen) atoms. The molecule has 2 bridgehead atoms. The lowest BCUT2D eigenvalue weighted by molar-refractivity contribution is -0.122. The van der Waals surface area contributed by atoms with E-state index >= 15 is 0 Å². The van der Waals surface area contributed by atoms with E-state index in [1.165, 1.54) is 22.3 Å². The van der Waals surface area contributed by atoms with Gasteiger partial charge in [-0.1, -0.05) is 55.5 Å². The second-order valence-corrected chi connectivity index (χ2v) is 8.04. The number of anilines is 1. The van der Waals surface area contributed by atoms with Gasteiger partial charge in [0.25, 0.3) is 0 Å². The Morgan fingerprint density at radius 3 is 1.86 bits per heavy atom. The highest BCUT2D eigenvalue weighted by atomic mass is 16.5. The van der Waals surface area contributed by atoms with Crippen LogP contribution in [0.25, 0.3) is 0 Å². The minimum atomic E-state index is -0.0867. The van der Waals surface area contributed by atoms with Gasteiger partial charge in [0.1, 0.15) is 5.75 Å². The Bertz CT molecular complexity index is 1010. The van der Waals surface area contributed by atoms with Gasteiger partial charge in [0, 0.05) is 17.5 Å². The minimum Gasteiger partial charge on any atom is -0.494 e. The Morgan fingerprint density at radius 2 is 1.34 bits per heavy atom. The van der Waals surface area contributed by atoms with Crippen molar-refractivity contribution < 1.29 is 9.53 Å². The zero-order valence-electron chi connectivity index (χ0n) is 16.8. The van der Waals surface area contributed by atoms with Crippen LogP contribution in [0.2, 0.25) is 0 Å². The fourth-order valence-electron chi connectivity index (χ4n) is 5.37. The minimum absolute atomic E-state index is 0.0867. The second-order valence-electron chi connectivity index (χ2n) is 8.04. The summed E-state index contributed by atoms with van der Waals surface area (Å²) in [7, 11) is 0. The zero-order valence-corrected chi connectivity index (χ0v) is 16.8. The number of benzene rings is 3. The van der Waals surface area contributed by atoms with Crippen molar-refractivity contribution in [3.63, 3.8) is 0 Å². The first-order valence-corrected chi connectivity index (χ1v) is 10.4. The number of amides is 1. The fraction of sp³-hybridized carbons (Fsp3) is 0.269. The maximum atomic E-state index is 13.5. The highest BCUT2D eigenvalue weighted by Gasteiger charge is 2.50. The molecule has 146 valence electrons. The van der Waals surface area contributed by atoms with E-state index in [0.29, 0.717) is 6.61 Å². The molecule has 0 saturated carbocycles. The number of nitrogens with one attached hydrogen (secondary N) is 1. The Morgan fingerprint density at radius 1 is 0.828 bits per heavy atom. The molecule has 3 aromatic rings. The SMILES string of the molecule is CCOc1ccc(NC(=O)[C@H]2C3c4ccccc4C(c4ccccc43)[C@@H]2C)cc1. The van der Waals surface area contributed by atoms with E-state index in [4.69, 9.17) is 4.74 Å². The summed E-state index contributed by atoms with van der Waals surface area (Å²) in [5, 5.41) is 3.16. The molecule has 3 aliphatic rings. The van der Waals surface area contributed by atoms with Crippen molar-refractivity contribution in [2.24, 2.45) is 11.8 Å². The van der Waals surface area contributed by atoms with Gasteiger partial charge < -0.3 is 10.1 Å². The molecule has 0 heterocycles. The van der Waals surface area contributed by atoms with Crippen molar-refractivity contribution in [2.45, 2.75) is 25.7 Å².